The van der Waals surface area contributed by atoms with Crippen molar-refractivity contribution in [3.8, 4) is 5.75 Å². The van der Waals surface area contributed by atoms with Crippen molar-refractivity contribution in [1.82, 2.24) is 5.32 Å². The minimum atomic E-state index is -0.507. The van der Waals surface area contributed by atoms with Gasteiger partial charge in [-0.3, -0.25) is 14.9 Å². The van der Waals surface area contributed by atoms with Crippen LogP contribution in [0.4, 0.5) is 11.4 Å². The molecule has 1 saturated heterocycles. The first-order valence-corrected chi connectivity index (χ1v) is 9.25. The number of thioether (sulfide) groups is 1. The van der Waals surface area contributed by atoms with Gasteiger partial charge >= 0.3 is 5.69 Å². The zero-order valence-electron chi connectivity index (χ0n) is 14.9. The van der Waals surface area contributed by atoms with E-state index in [1.165, 1.54) is 36.6 Å². The number of anilines is 1. The topological polar surface area (TPSA) is 93.5 Å². The Bertz CT molecular complexity index is 896. The maximum atomic E-state index is 12.2. The Morgan fingerprint density at radius 2 is 2.04 bits per heavy atom. The summed E-state index contributed by atoms with van der Waals surface area (Å²) in [6.07, 6.45) is 2.60. The lowest BCUT2D eigenvalue weighted by atomic mass is 10.1. The Morgan fingerprint density at radius 1 is 1.30 bits per heavy atom. The summed E-state index contributed by atoms with van der Waals surface area (Å²) in [5.74, 6) is -0.0399. The minimum absolute atomic E-state index is 0.138. The van der Waals surface area contributed by atoms with Crippen molar-refractivity contribution in [2.24, 2.45) is 0 Å². The normalized spacial score (nSPS) is 17.6. The van der Waals surface area contributed by atoms with E-state index in [0.717, 1.165) is 12.1 Å². The number of nitrogens with zero attached hydrogens (tertiary/aromatic N) is 1. The van der Waals surface area contributed by atoms with Gasteiger partial charge in [0.05, 0.1) is 16.9 Å². The number of nitro benzene ring substituents is 1. The second kappa shape index (κ2) is 8.13. The van der Waals surface area contributed by atoms with E-state index in [-0.39, 0.29) is 22.8 Å². The molecule has 0 aromatic heterocycles. The molecule has 1 fully saturated rings. The van der Waals surface area contributed by atoms with Gasteiger partial charge in [0, 0.05) is 11.8 Å². The smallest absolute Gasteiger partial charge is 0.311 e. The lowest BCUT2D eigenvalue weighted by Gasteiger charge is -2.12. The average Bonchev–Trinajstić information content (AvgIpc) is 3.01. The number of aryl methyl sites for hydroxylation is 1. The molecular formula is C19H19N3O4S. The van der Waals surface area contributed by atoms with Crippen molar-refractivity contribution in [2.45, 2.75) is 18.8 Å². The standard InChI is InChI=1S/C19H19N3O4S/c1-3-12-4-7-14(8-5-12)20-19-21-18(23)17(27-19)11-13-6-9-16(26-2)15(10-13)22(24)25/h4-11,19-20H,3H2,1-2H3,(H,21,23)/b17-11-/t19-/m0/s1. The molecule has 0 bridgehead atoms. The molecule has 1 heterocycles. The van der Waals surface area contributed by atoms with Crippen LogP contribution in [0.25, 0.3) is 6.08 Å². The second-order valence-corrected chi connectivity index (χ2v) is 7.01. The van der Waals surface area contributed by atoms with Crippen LogP contribution in [0.15, 0.2) is 47.4 Å². The number of hydrogen-bond acceptors (Lipinski definition) is 6. The molecule has 0 radical (unpaired) electrons. The lowest BCUT2D eigenvalue weighted by Crippen LogP contribution is -2.30. The van der Waals surface area contributed by atoms with Crippen molar-refractivity contribution < 1.29 is 14.5 Å². The second-order valence-electron chi connectivity index (χ2n) is 5.86. The first kappa shape index (κ1) is 18.8. The molecule has 1 atom stereocenters. The fourth-order valence-electron chi connectivity index (χ4n) is 2.64. The molecule has 0 aliphatic carbocycles. The molecule has 1 aliphatic rings. The fraction of sp³-hybridized carbons (Fsp3) is 0.211. The molecule has 2 aromatic rings. The van der Waals surface area contributed by atoms with Gasteiger partial charge in [0.15, 0.2) is 11.2 Å². The highest BCUT2D eigenvalue weighted by atomic mass is 32.2. The molecule has 3 rings (SSSR count). The number of rotatable bonds is 6. The van der Waals surface area contributed by atoms with E-state index >= 15 is 0 Å². The number of carbonyl (C=O) groups excluding carboxylic acids is 1. The molecule has 140 valence electrons. The fourth-order valence-corrected chi connectivity index (χ4v) is 3.63. The van der Waals surface area contributed by atoms with Gasteiger partial charge in [-0.1, -0.05) is 36.9 Å². The average molecular weight is 385 g/mol. The predicted octanol–water partition coefficient (Wildman–Crippen LogP) is 3.77. The van der Waals surface area contributed by atoms with Crippen molar-refractivity contribution in [2.75, 3.05) is 12.4 Å². The number of carbonyl (C=O) groups is 1. The van der Waals surface area contributed by atoms with Gasteiger partial charge < -0.3 is 15.4 Å². The van der Waals surface area contributed by atoms with Gasteiger partial charge in [-0.15, -0.1) is 0 Å². The molecule has 2 aromatic carbocycles. The Hall–Kier alpha value is -3.00. The summed E-state index contributed by atoms with van der Waals surface area (Å²) in [5.41, 5.74) is 2.27. The van der Waals surface area contributed by atoms with Crippen LogP contribution >= 0.6 is 11.8 Å². The van der Waals surface area contributed by atoms with E-state index in [1.807, 2.05) is 24.3 Å². The molecule has 27 heavy (non-hydrogen) atoms. The zero-order chi connectivity index (χ0) is 19.4. The van der Waals surface area contributed by atoms with Gasteiger partial charge in [0.2, 0.25) is 0 Å². The number of amides is 1. The highest BCUT2D eigenvalue weighted by molar-refractivity contribution is 8.05. The van der Waals surface area contributed by atoms with E-state index in [0.29, 0.717) is 10.5 Å². The number of nitro groups is 1. The van der Waals surface area contributed by atoms with Crippen LogP contribution in [-0.4, -0.2) is 23.4 Å². The first-order chi connectivity index (χ1) is 13.0. The van der Waals surface area contributed by atoms with Crippen molar-refractivity contribution in [3.05, 3.63) is 68.6 Å². The number of nitrogens with one attached hydrogen (secondary N) is 2. The summed E-state index contributed by atoms with van der Waals surface area (Å²) >= 11 is 1.33. The van der Waals surface area contributed by atoms with Gasteiger partial charge in [-0.05, 0) is 41.8 Å². The minimum Gasteiger partial charge on any atom is -0.490 e. The van der Waals surface area contributed by atoms with Crippen molar-refractivity contribution in [3.63, 3.8) is 0 Å². The van der Waals surface area contributed by atoms with E-state index in [9.17, 15) is 14.9 Å². The lowest BCUT2D eigenvalue weighted by molar-refractivity contribution is -0.385. The van der Waals surface area contributed by atoms with Crippen LogP contribution < -0.4 is 15.4 Å². The summed E-state index contributed by atoms with van der Waals surface area (Å²) in [5, 5.41) is 17.2. The molecule has 1 aliphatic heterocycles. The zero-order valence-corrected chi connectivity index (χ0v) is 15.7. The third kappa shape index (κ3) is 4.40. The van der Waals surface area contributed by atoms with Gasteiger partial charge in [0.1, 0.15) is 0 Å². The highest BCUT2D eigenvalue weighted by Gasteiger charge is 2.27. The van der Waals surface area contributed by atoms with Crippen LogP contribution in [0.3, 0.4) is 0 Å². The van der Waals surface area contributed by atoms with E-state index in [1.54, 1.807) is 12.1 Å². The Kier molecular flexibility index (Phi) is 5.66. The summed E-state index contributed by atoms with van der Waals surface area (Å²) in [6, 6.07) is 12.6. The number of methoxy groups -OCH3 is 1. The van der Waals surface area contributed by atoms with Gasteiger partial charge in [-0.25, -0.2) is 0 Å². The van der Waals surface area contributed by atoms with Crippen LogP contribution in [0, 0.1) is 10.1 Å². The van der Waals surface area contributed by atoms with Gasteiger partial charge in [-0.2, -0.15) is 0 Å². The number of hydrogen-bond donors (Lipinski definition) is 2. The molecule has 7 nitrogen and oxygen atoms in total. The highest BCUT2D eigenvalue weighted by Crippen LogP contribution is 2.33. The van der Waals surface area contributed by atoms with Crippen LogP contribution in [0.2, 0.25) is 0 Å². The first-order valence-electron chi connectivity index (χ1n) is 8.37. The maximum Gasteiger partial charge on any atom is 0.311 e. The molecular weight excluding hydrogens is 366 g/mol. The quantitative estimate of drug-likeness (QED) is 0.447. The Morgan fingerprint density at radius 3 is 2.67 bits per heavy atom. The van der Waals surface area contributed by atoms with E-state index in [4.69, 9.17) is 4.74 Å². The Balaban J connectivity index is 1.74. The SMILES string of the molecule is CCc1ccc(N[C@H]2NC(=O)/C(=C/c3ccc(OC)c([N+](=O)[O-])c3)S2)cc1. The van der Waals surface area contributed by atoms with Crippen molar-refractivity contribution in [1.29, 1.82) is 0 Å². The molecule has 0 spiro atoms. The Labute approximate surface area is 160 Å². The number of ether oxygens (including phenoxy) is 1. The van der Waals surface area contributed by atoms with E-state index < -0.39 is 4.92 Å². The summed E-state index contributed by atoms with van der Waals surface area (Å²) in [4.78, 5) is 23.3. The summed E-state index contributed by atoms with van der Waals surface area (Å²) in [7, 11) is 1.38. The van der Waals surface area contributed by atoms with Crippen LogP contribution in [-0.2, 0) is 11.2 Å². The third-order valence-corrected chi connectivity index (χ3v) is 5.12. The number of benzene rings is 2. The third-order valence-electron chi connectivity index (χ3n) is 4.09. The van der Waals surface area contributed by atoms with Gasteiger partial charge in [0.25, 0.3) is 5.91 Å². The van der Waals surface area contributed by atoms with Crippen LogP contribution in [0.1, 0.15) is 18.1 Å². The van der Waals surface area contributed by atoms with E-state index in [2.05, 4.69) is 17.6 Å². The largest absolute Gasteiger partial charge is 0.490 e. The molecule has 8 heteroatoms. The molecule has 0 saturated carbocycles. The van der Waals surface area contributed by atoms with Crippen molar-refractivity contribution >= 4 is 35.1 Å². The summed E-state index contributed by atoms with van der Waals surface area (Å²) in [6.45, 7) is 2.09. The summed E-state index contributed by atoms with van der Waals surface area (Å²) < 4.78 is 5.00. The molecule has 2 N–H and O–H groups in total. The van der Waals surface area contributed by atoms with Crippen LogP contribution in [0.5, 0.6) is 5.75 Å². The monoisotopic (exact) mass is 385 g/mol. The molecule has 1 amide bonds. The predicted molar refractivity (Wildman–Crippen MR) is 107 cm³/mol. The molecule has 0 unspecified atom stereocenters. The maximum absolute atomic E-state index is 12.2.